The van der Waals surface area contributed by atoms with Gasteiger partial charge in [-0.1, -0.05) is 17.7 Å². The number of rotatable bonds is 4. The third kappa shape index (κ3) is 3.89. The van der Waals surface area contributed by atoms with E-state index < -0.39 is 11.7 Å². The summed E-state index contributed by atoms with van der Waals surface area (Å²) in [6.07, 6.45) is 4.02. The summed E-state index contributed by atoms with van der Waals surface area (Å²) >= 11 is 9.63. The number of hydrogen-bond acceptors (Lipinski definition) is 3. The Labute approximate surface area is 180 Å². The molecule has 150 valence electrons. The summed E-state index contributed by atoms with van der Waals surface area (Å²) in [6.45, 7) is 0.703. The van der Waals surface area contributed by atoms with E-state index in [1.165, 1.54) is 12.1 Å². The van der Waals surface area contributed by atoms with Crippen LogP contribution in [0.5, 0.6) is 5.75 Å². The van der Waals surface area contributed by atoms with Crippen LogP contribution < -0.4 is 10.4 Å². The van der Waals surface area contributed by atoms with Crippen LogP contribution in [-0.4, -0.2) is 21.5 Å². The van der Waals surface area contributed by atoms with E-state index in [9.17, 15) is 9.18 Å². The fraction of sp³-hybridized carbons (Fsp3) is 0.238. The summed E-state index contributed by atoms with van der Waals surface area (Å²) in [4.78, 5) is 13.2. The van der Waals surface area contributed by atoms with E-state index in [0.717, 1.165) is 5.56 Å². The van der Waals surface area contributed by atoms with Gasteiger partial charge in [0.15, 0.2) is 5.78 Å². The molecular weight excluding hydrogens is 461 g/mol. The minimum atomic E-state index is -0.406. The summed E-state index contributed by atoms with van der Waals surface area (Å²) in [5.41, 5.74) is 2.47. The third-order valence-electron chi connectivity index (χ3n) is 5.08. The monoisotopic (exact) mass is 477 g/mol. The van der Waals surface area contributed by atoms with Gasteiger partial charge in [-0.05, 0) is 57.7 Å². The number of carbonyl (C=O) groups is 1. The van der Waals surface area contributed by atoms with Gasteiger partial charge >= 0.3 is 0 Å². The Kier molecular flexibility index (Phi) is 5.36. The van der Waals surface area contributed by atoms with Gasteiger partial charge in [0.05, 0.1) is 29.1 Å². The Hall–Kier alpha value is -2.38. The van der Waals surface area contributed by atoms with E-state index in [0.29, 0.717) is 45.0 Å². The SMILES string of the molecule is Cn1ccn(Cc2cc(Br)c3c(c2)C(=O)C(Cc2ccc(F)cc2Cl)CO3)c1=N. The van der Waals surface area contributed by atoms with Crippen molar-refractivity contribution in [3.63, 3.8) is 0 Å². The third-order valence-corrected chi connectivity index (χ3v) is 6.02. The molecule has 0 aliphatic carbocycles. The molecule has 1 aliphatic rings. The maximum Gasteiger partial charge on any atom is 0.202 e. The first-order chi connectivity index (χ1) is 13.8. The van der Waals surface area contributed by atoms with Crippen LogP contribution in [0.2, 0.25) is 5.02 Å². The quantitative estimate of drug-likeness (QED) is 0.606. The minimum Gasteiger partial charge on any atom is -0.491 e. The number of fused-ring (bicyclic) bond motifs is 1. The number of halogens is 3. The van der Waals surface area contributed by atoms with Crippen LogP contribution in [0.3, 0.4) is 0 Å². The van der Waals surface area contributed by atoms with Crippen molar-refractivity contribution < 1.29 is 13.9 Å². The maximum atomic E-state index is 13.3. The molecule has 8 heteroatoms. The molecule has 1 aromatic heterocycles. The summed E-state index contributed by atoms with van der Waals surface area (Å²) in [5.74, 6) is -0.303. The van der Waals surface area contributed by atoms with E-state index in [-0.39, 0.29) is 12.4 Å². The lowest BCUT2D eigenvalue weighted by atomic mass is 9.89. The minimum absolute atomic E-state index is 0.0293. The number of aryl methyl sites for hydroxylation is 1. The Morgan fingerprint density at radius 2 is 2.10 bits per heavy atom. The van der Waals surface area contributed by atoms with E-state index in [1.54, 1.807) is 15.2 Å². The maximum absolute atomic E-state index is 13.3. The first-order valence-electron chi connectivity index (χ1n) is 9.03. The summed E-state index contributed by atoms with van der Waals surface area (Å²) in [7, 11) is 1.81. The van der Waals surface area contributed by atoms with Crippen molar-refractivity contribution in [1.82, 2.24) is 9.13 Å². The van der Waals surface area contributed by atoms with Crippen LogP contribution in [0.1, 0.15) is 21.5 Å². The van der Waals surface area contributed by atoms with Crippen molar-refractivity contribution in [2.45, 2.75) is 13.0 Å². The molecule has 0 spiro atoms. The zero-order chi connectivity index (χ0) is 20.7. The fourth-order valence-corrected chi connectivity index (χ4v) is 4.37. The van der Waals surface area contributed by atoms with Crippen molar-refractivity contribution in [1.29, 1.82) is 5.41 Å². The van der Waals surface area contributed by atoms with Gasteiger partial charge in [-0.3, -0.25) is 10.2 Å². The van der Waals surface area contributed by atoms with Crippen LogP contribution in [0, 0.1) is 17.1 Å². The van der Waals surface area contributed by atoms with Crippen LogP contribution in [0.4, 0.5) is 4.39 Å². The zero-order valence-corrected chi connectivity index (χ0v) is 17.9. The van der Waals surface area contributed by atoms with Gasteiger partial charge in [-0.25, -0.2) is 4.39 Å². The predicted molar refractivity (Wildman–Crippen MR) is 111 cm³/mol. The molecular formula is C21H18BrClFN3O2. The molecule has 0 amide bonds. The second-order valence-corrected chi connectivity index (χ2v) is 8.39. The normalized spacial score (nSPS) is 15.9. The van der Waals surface area contributed by atoms with Crippen molar-refractivity contribution in [2.75, 3.05) is 6.61 Å². The highest BCUT2D eigenvalue weighted by Crippen LogP contribution is 2.37. The molecule has 0 radical (unpaired) electrons. The molecule has 2 aromatic carbocycles. The first-order valence-corrected chi connectivity index (χ1v) is 10.2. The van der Waals surface area contributed by atoms with Crippen molar-refractivity contribution in [3.8, 4) is 5.75 Å². The largest absolute Gasteiger partial charge is 0.491 e. The number of Topliss-reactive ketones (excluding diaryl/α,β-unsaturated/α-hetero) is 1. The molecule has 2 heterocycles. The van der Waals surface area contributed by atoms with Gasteiger partial charge in [-0.15, -0.1) is 0 Å². The van der Waals surface area contributed by atoms with Crippen LogP contribution >= 0.6 is 27.5 Å². The van der Waals surface area contributed by atoms with E-state index >= 15 is 0 Å². The molecule has 1 N–H and O–H groups in total. The molecule has 1 aliphatic heterocycles. The summed E-state index contributed by atoms with van der Waals surface area (Å²) in [6, 6.07) is 7.92. The van der Waals surface area contributed by atoms with Crippen molar-refractivity contribution in [2.24, 2.45) is 13.0 Å². The number of benzene rings is 2. The molecule has 1 unspecified atom stereocenters. The van der Waals surface area contributed by atoms with Gasteiger partial charge in [0.25, 0.3) is 0 Å². The number of nitrogens with zero attached hydrogens (tertiary/aromatic N) is 2. The van der Waals surface area contributed by atoms with Gasteiger partial charge in [0.2, 0.25) is 5.62 Å². The molecule has 0 fully saturated rings. The lowest BCUT2D eigenvalue weighted by Crippen LogP contribution is -2.30. The van der Waals surface area contributed by atoms with Gasteiger partial charge in [0, 0.05) is 24.5 Å². The standard InChI is InChI=1S/C21H18BrClFN3O2/c1-26-4-5-27(21(26)25)10-12-6-16-19(28)14(11-29-20(16)17(22)7-12)8-13-2-3-15(24)9-18(13)23/h2-7,9,14,25H,8,10-11H2,1H3. The molecule has 0 saturated carbocycles. The average molecular weight is 479 g/mol. The van der Waals surface area contributed by atoms with Crippen LogP contribution in [-0.2, 0) is 20.0 Å². The fourth-order valence-electron chi connectivity index (χ4n) is 3.50. The highest BCUT2D eigenvalue weighted by molar-refractivity contribution is 9.10. The lowest BCUT2D eigenvalue weighted by molar-refractivity contribution is 0.0829. The summed E-state index contributed by atoms with van der Waals surface area (Å²) in [5, 5.41) is 8.39. The Balaban J connectivity index is 1.63. The Morgan fingerprint density at radius 3 is 2.79 bits per heavy atom. The van der Waals surface area contributed by atoms with Gasteiger partial charge in [-0.2, -0.15) is 0 Å². The van der Waals surface area contributed by atoms with E-state index in [2.05, 4.69) is 15.9 Å². The smallest absolute Gasteiger partial charge is 0.202 e. The Morgan fingerprint density at radius 1 is 1.31 bits per heavy atom. The van der Waals surface area contributed by atoms with E-state index in [1.807, 2.05) is 31.6 Å². The highest BCUT2D eigenvalue weighted by Gasteiger charge is 2.31. The van der Waals surface area contributed by atoms with Crippen molar-refractivity contribution in [3.05, 3.63) is 80.3 Å². The second kappa shape index (κ2) is 7.80. The molecule has 5 nitrogen and oxygen atoms in total. The van der Waals surface area contributed by atoms with Crippen molar-refractivity contribution >= 4 is 33.3 Å². The van der Waals surface area contributed by atoms with E-state index in [4.69, 9.17) is 21.7 Å². The topological polar surface area (TPSA) is 60.0 Å². The highest BCUT2D eigenvalue weighted by atomic mass is 79.9. The molecule has 1 atom stereocenters. The number of imidazole rings is 1. The number of aromatic nitrogens is 2. The molecule has 0 saturated heterocycles. The lowest BCUT2D eigenvalue weighted by Gasteiger charge is -2.26. The number of nitrogens with one attached hydrogen (secondary N) is 1. The van der Waals surface area contributed by atoms with Gasteiger partial charge in [0.1, 0.15) is 11.6 Å². The number of hydrogen-bond donors (Lipinski definition) is 1. The van der Waals surface area contributed by atoms with Crippen LogP contribution in [0.25, 0.3) is 0 Å². The molecule has 3 aromatic rings. The molecule has 29 heavy (non-hydrogen) atoms. The predicted octanol–water partition coefficient (Wildman–Crippen LogP) is 4.34. The number of ether oxygens (including phenoxy) is 1. The second-order valence-electron chi connectivity index (χ2n) is 7.13. The average Bonchev–Trinajstić information content (AvgIpc) is 2.98. The molecule has 4 rings (SSSR count). The van der Waals surface area contributed by atoms with Crippen LogP contribution in [0.15, 0.2) is 47.2 Å². The van der Waals surface area contributed by atoms with Gasteiger partial charge < -0.3 is 13.9 Å². The zero-order valence-electron chi connectivity index (χ0n) is 15.6. The summed E-state index contributed by atoms with van der Waals surface area (Å²) < 4.78 is 23.4. The number of carbonyl (C=O) groups excluding carboxylic acids is 1. The Bertz CT molecular complexity index is 1170. The number of ketones is 1. The molecule has 0 bridgehead atoms. The first kappa shape index (κ1) is 19.9.